The average Bonchev–Trinajstić information content (AvgIpc) is 2.88. The predicted molar refractivity (Wildman–Crippen MR) is 96.2 cm³/mol. The van der Waals surface area contributed by atoms with E-state index in [1.807, 2.05) is 0 Å². The van der Waals surface area contributed by atoms with Gasteiger partial charge >= 0.3 is 0 Å². The number of hydrogen-bond acceptors (Lipinski definition) is 2. The molecular formula is C22H26O2. The molecule has 0 saturated heterocycles. The summed E-state index contributed by atoms with van der Waals surface area (Å²) < 4.78 is 0. The molecule has 2 aliphatic rings. The molecule has 2 N–H and O–H groups in total. The molecule has 0 radical (unpaired) electrons. The molecule has 2 heteroatoms. The van der Waals surface area contributed by atoms with E-state index in [-0.39, 0.29) is 16.2 Å². The minimum Gasteiger partial charge on any atom is -0.508 e. The van der Waals surface area contributed by atoms with E-state index in [1.165, 1.54) is 24.0 Å². The molecule has 0 spiro atoms. The molecule has 0 amide bonds. The molecular weight excluding hydrogens is 296 g/mol. The number of fused-ring (bicyclic) bond motifs is 2. The molecule has 24 heavy (non-hydrogen) atoms. The first-order valence-electron chi connectivity index (χ1n) is 8.90. The zero-order valence-electron chi connectivity index (χ0n) is 14.7. The second-order valence-electron chi connectivity index (χ2n) is 8.49. The van der Waals surface area contributed by atoms with Crippen LogP contribution in [-0.4, -0.2) is 10.2 Å². The highest BCUT2D eigenvalue weighted by Crippen LogP contribution is 2.75. The Labute approximate surface area is 144 Å². The fourth-order valence-electron chi connectivity index (χ4n) is 5.84. The van der Waals surface area contributed by atoms with Crippen molar-refractivity contribution in [2.75, 3.05) is 0 Å². The standard InChI is InChI=1S/C22H26O2/c1-20(2)17-12-13-21(20,3)22(14-17,15-4-8-18(23)9-5-15)16-6-10-19(24)11-7-16/h4-11,17,23-24H,12-14H2,1-3H3. The van der Waals surface area contributed by atoms with Crippen molar-refractivity contribution in [3.8, 4) is 11.5 Å². The van der Waals surface area contributed by atoms with Crippen molar-refractivity contribution in [1.82, 2.24) is 0 Å². The summed E-state index contributed by atoms with van der Waals surface area (Å²) in [6, 6.07) is 15.6. The van der Waals surface area contributed by atoms with Gasteiger partial charge in [-0.05, 0) is 71.4 Å². The van der Waals surface area contributed by atoms with E-state index >= 15 is 0 Å². The van der Waals surface area contributed by atoms with Crippen molar-refractivity contribution < 1.29 is 10.2 Å². The van der Waals surface area contributed by atoms with E-state index in [1.54, 1.807) is 24.3 Å². The predicted octanol–water partition coefficient (Wildman–Crippen LogP) is 5.23. The summed E-state index contributed by atoms with van der Waals surface area (Å²) in [6.07, 6.45) is 3.64. The van der Waals surface area contributed by atoms with E-state index in [4.69, 9.17) is 0 Å². The second-order valence-corrected chi connectivity index (χ2v) is 8.49. The van der Waals surface area contributed by atoms with E-state index in [0.717, 1.165) is 6.42 Å². The van der Waals surface area contributed by atoms with E-state index < -0.39 is 0 Å². The number of hydrogen-bond donors (Lipinski definition) is 2. The molecule has 0 aliphatic heterocycles. The minimum absolute atomic E-state index is 0.0686. The number of phenolic OH excluding ortho intramolecular Hbond substituents is 2. The summed E-state index contributed by atoms with van der Waals surface area (Å²) in [4.78, 5) is 0. The Kier molecular flexibility index (Phi) is 3.10. The van der Waals surface area contributed by atoms with Gasteiger partial charge in [-0.2, -0.15) is 0 Å². The highest BCUT2D eigenvalue weighted by Gasteiger charge is 2.69. The molecule has 2 aliphatic carbocycles. The van der Waals surface area contributed by atoms with Gasteiger partial charge in [0.05, 0.1) is 0 Å². The lowest BCUT2D eigenvalue weighted by molar-refractivity contribution is 0.0966. The molecule has 126 valence electrons. The normalized spacial score (nSPS) is 29.7. The summed E-state index contributed by atoms with van der Waals surface area (Å²) in [7, 11) is 0. The Hall–Kier alpha value is -1.96. The smallest absolute Gasteiger partial charge is 0.115 e. The third-order valence-corrected chi connectivity index (χ3v) is 7.65. The fourth-order valence-corrected chi connectivity index (χ4v) is 5.84. The Morgan fingerprint density at radius 1 is 0.792 bits per heavy atom. The molecule has 0 heterocycles. The van der Waals surface area contributed by atoms with Crippen LogP contribution in [-0.2, 0) is 5.41 Å². The topological polar surface area (TPSA) is 40.5 Å². The van der Waals surface area contributed by atoms with Gasteiger partial charge in [-0.25, -0.2) is 0 Å². The van der Waals surface area contributed by atoms with Crippen LogP contribution < -0.4 is 0 Å². The van der Waals surface area contributed by atoms with Crippen molar-refractivity contribution >= 4 is 0 Å². The number of rotatable bonds is 2. The van der Waals surface area contributed by atoms with Crippen molar-refractivity contribution in [3.63, 3.8) is 0 Å². The molecule has 2 saturated carbocycles. The molecule has 0 aromatic heterocycles. The number of aromatic hydroxyl groups is 2. The van der Waals surface area contributed by atoms with Gasteiger partial charge in [0.2, 0.25) is 0 Å². The second kappa shape index (κ2) is 4.78. The molecule has 2 aromatic carbocycles. The van der Waals surface area contributed by atoms with Crippen LogP contribution in [0.1, 0.15) is 51.2 Å². The lowest BCUT2D eigenvalue weighted by Gasteiger charge is -2.50. The lowest BCUT2D eigenvalue weighted by Crippen LogP contribution is -2.45. The quantitative estimate of drug-likeness (QED) is 0.795. The molecule has 4 rings (SSSR count). The zero-order chi connectivity index (χ0) is 17.2. The van der Waals surface area contributed by atoms with Crippen LogP contribution in [0.3, 0.4) is 0 Å². The van der Waals surface area contributed by atoms with Crippen molar-refractivity contribution in [3.05, 3.63) is 59.7 Å². The first kappa shape index (κ1) is 15.6. The summed E-state index contributed by atoms with van der Waals surface area (Å²) >= 11 is 0. The Balaban J connectivity index is 1.98. The Bertz CT molecular complexity index is 712. The van der Waals surface area contributed by atoms with Crippen molar-refractivity contribution in [2.24, 2.45) is 16.7 Å². The third-order valence-electron chi connectivity index (χ3n) is 7.65. The molecule has 2 unspecified atom stereocenters. The Morgan fingerprint density at radius 3 is 1.58 bits per heavy atom. The summed E-state index contributed by atoms with van der Waals surface area (Å²) in [5, 5.41) is 19.5. The van der Waals surface area contributed by atoms with Crippen LogP contribution in [0, 0.1) is 16.7 Å². The van der Waals surface area contributed by atoms with E-state index in [2.05, 4.69) is 45.0 Å². The van der Waals surface area contributed by atoms with Gasteiger partial charge in [-0.1, -0.05) is 45.0 Å². The monoisotopic (exact) mass is 322 g/mol. The maximum atomic E-state index is 9.76. The van der Waals surface area contributed by atoms with Gasteiger partial charge in [0, 0.05) is 5.41 Å². The summed E-state index contributed by atoms with van der Waals surface area (Å²) in [5.41, 5.74) is 2.91. The van der Waals surface area contributed by atoms with Gasteiger partial charge in [-0.3, -0.25) is 0 Å². The van der Waals surface area contributed by atoms with Crippen molar-refractivity contribution in [2.45, 2.75) is 45.4 Å². The van der Waals surface area contributed by atoms with Crippen LogP contribution in [0.25, 0.3) is 0 Å². The first-order valence-corrected chi connectivity index (χ1v) is 8.90. The Morgan fingerprint density at radius 2 is 1.25 bits per heavy atom. The molecule has 2 atom stereocenters. The highest BCUT2D eigenvalue weighted by atomic mass is 16.3. The minimum atomic E-state index is -0.0686. The molecule has 2 fully saturated rings. The molecule has 2 aromatic rings. The summed E-state index contributed by atoms with van der Waals surface area (Å²) in [6.45, 7) is 7.29. The zero-order valence-corrected chi connectivity index (χ0v) is 14.7. The fraction of sp³-hybridized carbons (Fsp3) is 0.455. The number of benzene rings is 2. The van der Waals surface area contributed by atoms with Gasteiger partial charge in [0.25, 0.3) is 0 Å². The first-order chi connectivity index (χ1) is 11.3. The van der Waals surface area contributed by atoms with E-state index in [9.17, 15) is 10.2 Å². The highest BCUT2D eigenvalue weighted by molar-refractivity contribution is 5.49. The van der Waals surface area contributed by atoms with E-state index in [0.29, 0.717) is 17.4 Å². The van der Waals surface area contributed by atoms with Gasteiger partial charge < -0.3 is 10.2 Å². The maximum absolute atomic E-state index is 9.76. The van der Waals surface area contributed by atoms with Gasteiger partial charge in [0.1, 0.15) is 11.5 Å². The summed E-state index contributed by atoms with van der Waals surface area (Å²) in [5.74, 6) is 1.32. The van der Waals surface area contributed by atoms with Gasteiger partial charge in [-0.15, -0.1) is 0 Å². The third kappa shape index (κ3) is 1.72. The molecule has 2 nitrogen and oxygen atoms in total. The van der Waals surface area contributed by atoms with Gasteiger partial charge in [0.15, 0.2) is 0 Å². The van der Waals surface area contributed by atoms with Crippen LogP contribution >= 0.6 is 0 Å². The average molecular weight is 322 g/mol. The SMILES string of the molecule is CC1(C)C2CCC1(C)C(c1ccc(O)cc1)(c1ccc(O)cc1)C2. The van der Waals surface area contributed by atoms with Crippen molar-refractivity contribution in [1.29, 1.82) is 0 Å². The number of phenols is 2. The van der Waals surface area contributed by atoms with Crippen LogP contribution in [0.2, 0.25) is 0 Å². The largest absolute Gasteiger partial charge is 0.508 e. The lowest BCUT2D eigenvalue weighted by atomic mass is 9.53. The molecule has 2 bridgehead atoms. The maximum Gasteiger partial charge on any atom is 0.115 e. The van der Waals surface area contributed by atoms with Crippen LogP contribution in [0.15, 0.2) is 48.5 Å². The van der Waals surface area contributed by atoms with Crippen LogP contribution in [0.5, 0.6) is 11.5 Å². The van der Waals surface area contributed by atoms with Crippen LogP contribution in [0.4, 0.5) is 0 Å².